The summed E-state index contributed by atoms with van der Waals surface area (Å²) < 4.78 is 22.2. The van der Waals surface area contributed by atoms with Crippen LogP contribution in [-0.2, 0) is 11.3 Å². The fourth-order valence-electron chi connectivity index (χ4n) is 2.79. The Kier molecular flexibility index (Phi) is 12.8. The predicted molar refractivity (Wildman–Crippen MR) is 135 cm³/mol. The number of benzene rings is 2. The lowest BCUT2D eigenvalue weighted by molar-refractivity contribution is 0.145. The summed E-state index contributed by atoms with van der Waals surface area (Å²) >= 11 is 0. The zero-order chi connectivity index (χ0) is 21.8. The maximum Gasteiger partial charge on any atom is 0.191 e. The summed E-state index contributed by atoms with van der Waals surface area (Å²) in [6.07, 6.45) is -0.0767. The number of para-hydroxylation sites is 2. The van der Waals surface area contributed by atoms with Gasteiger partial charge in [0.25, 0.3) is 0 Å². The molecule has 0 saturated heterocycles. The summed E-state index contributed by atoms with van der Waals surface area (Å²) in [6.45, 7) is 6.27. The molecule has 31 heavy (non-hydrogen) atoms. The van der Waals surface area contributed by atoms with Gasteiger partial charge in [0.15, 0.2) is 17.5 Å². The number of rotatable bonds is 11. The molecule has 2 N–H and O–H groups in total. The van der Waals surface area contributed by atoms with Gasteiger partial charge in [-0.25, -0.2) is 0 Å². The molecule has 1 atom stereocenters. The fraction of sp³-hybridized carbons (Fsp3) is 0.435. The van der Waals surface area contributed by atoms with Crippen molar-refractivity contribution in [2.75, 3.05) is 41.0 Å². The van der Waals surface area contributed by atoms with Crippen molar-refractivity contribution >= 4 is 29.9 Å². The molecule has 0 saturated carbocycles. The van der Waals surface area contributed by atoms with Gasteiger partial charge in [-0.05, 0) is 37.6 Å². The SMILES string of the molecule is CN=C(NCc1ccc(C)cc1OCCOC)NCC(C)Oc1ccccc1OC.I. The molecule has 0 bridgehead atoms. The molecule has 172 valence electrons. The summed E-state index contributed by atoms with van der Waals surface area (Å²) in [5.74, 6) is 2.97. The average molecular weight is 543 g/mol. The van der Waals surface area contributed by atoms with Gasteiger partial charge in [-0.3, -0.25) is 4.99 Å². The van der Waals surface area contributed by atoms with E-state index in [1.54, 1.807) is 21.3 Å². The second-order valence-corrected chi connectivity index (χ2v) is 6.84. The number of nitrogens with one attached hydrogen (secondary N) is 2. The van der Waals surface area contributed by atoms with Gasteiger partial charge in [0.2, 0.25) is 0 Å². The number of hydrogen-bond acceptors (Lipinski definition) is 5. The first-order chi connectivity index (χ1) is 14.6. The van der Waals surface area contributed by atoms with Crippen LogP contribution in [0.25, 0.3) is 0 Å². The third-order valence-electron chi connectivity index (χ3n) is 4.39. The quantitative estimate of drug-likeness (QED) is 0.195. The topological polar surface area (TPSA) is 73.3 Å². The minimum Gasteiger partial charge on any atom is -0.493 e. The first-order valence-electron chi connectivity index (χ1n) is 10.0. The lowest BCUT2D eigenvalue weighted by Crippen LogP contribution is -2.41. The summed E-state index contributed by atoms with van der Waals surface area (Å²) in [6, 6.07) is 13.8. The smallest absolute Gasteiger partial charge is 0.191 e. The van der Waals surface area contributed by atoms with Crippen LogP contribution in [0.3, 0.4) is 0 Å². The maximum absolute atomic E-state index is 5.98. The number of guanidine groups is 1. The Labute approximate surface area is 202 Å². The highest BCUT2D eigenvalue weighted by Crippen LogP contribution is 2.26. The van der Waals surface area contributed by atoms with Crippen molar-refractivity contribution in [3.8, 4) is 17.2 Å². The predicted octanol–water partition coefficient (Wildman–Crippen LogP) is 3.78. The van der Waals surface area contributed by atoms with Crippen molar-refractivity contribution < 1.29 is 18.9 Å². The molecular weight excluding hydrogens is 509 g/mol. The highest BCUT2D eigenvalue weighted by Gasteiger charge is 2.10. The Morgan fingerprint density at radius 3 is 2.42 bits per heavy atom. The zero-order valence-electron chi connectivity index (χ0n) is 18.9. The van der Waals surface area contributed by atoms with Gasteiger partial charge in [0.05, 0.1) is 20.3 Å². The number of aliphatic imine (C=N–C) groups is 1. The van der Waals surface area contributed by atoms with E-state index >= 15 is 0 Å². The molecule has 1 unspecified atom stereocenters. The molecule has 0 heterocycles. The molecule has 8 heteroatoms. The first-order valence-corrected chi connectivity index (χ1v) is 10.0. The number of ether oxygens (including phenoxy) is 4. The van der Waals surface area contributed by atoms with Crippen LogP contribution >= 0.6 is 24.0 Å². The van der Waals surface area contributed by atoms with Crippen molar-refractivity contribution in [2.24, 2.45) is 4.99 Å². The molecule has 7 nitrogen and oxygen atoms in total. The Hall–Kier alpha value is -2.20. The number of nitrogens with zero attached hydrogens (tertiary/aromatic N) is 1. The van der Waals surface area contributed by atoms with Crippen LogP contribution in [0.15, 0.2) is 47.5 Å². The van der Waals surface area contributed by atoms with Gasteiger partial charge in [0.1, 0.15) is 18.5 Å². The third kappa shape index (κ3) is 9.22. The van der Waals surface area contributed by atoms with Crippen LogP contribution in [0.2, 0.25) is 0 Å². The number of aryl methyl sites for hydroxylation is 1. The van der Waals surface area contributed by atoms with Crippen LogP contribution in [0.1, 0.15) is 18.1 Å². The van der Waals surface area contributed by atoms with Crippen LogP contribution in [-0.4, -0.2) is 53.1 Å². The fourth-order valence-corrected chi connectivity index (χ4v) is 2.79. The van der Waals surface area contributed by atoms with Crippen molar-refractivity contribution in [1.29, 1.82) is 0 Å². The van der Waals surface area contributed by atoms with Crippen LogP contribution in [0, 0.1) is 6.92 Å². The van der Waals surface area contributed by atoms with E-state index in [1.807, 2.05) is 44.2 Å². The summed E-state index contributed by atoms with van der Waals surface area (Å²) in [4.78, 5) is 4.29. The van der Waals surface area contributed by atoms with Gasteiger partial charge < -0.3 is 29.6 Å². The molecule has 0 amide bonds. The van der Waals surface area contributed by atoms with E-state index in [9.17, 15) is 0 Å². The highest BCUT2D eigenvalue weighted by atomic mass is 127. The van der Waals surface area contributed by atoms with Crippen molar-refractivity contribution in [2.45, 2.75) is 26.5 Å². The second kappa shape index (κ2) is 14.7. The molecule has 0 aliphatic rings. The van der Waals surface area contributed by atoms with Crippen molar-refractivity contribution in [1.82, 2.24) is 10.6 Å². The molecule has 0 aromatic heterocycles. The molecule has 0 aliphatic heterocycles. The van der Waals surface area contributed by atoms with Crippen molar-refractivity contribution in [3.05, 3.63) is 53.6 Å². The van der Waals surface area contributed by atoms with Gasteiger partial charge in [0, 0.05) is 26.3 Å². The van der Waals surface area contributed by atoms with E-state index in [0.717, 1.165) is 22.6 Å². The second-order valence-electron chi connectivity index (χ2n) is 6.84. The molecule has 2 aromatic carbocycles. The van der Waals surface area contributed by atoms with Crippen molar-refractivity contribution in [3.63, 3.8) is 0 Å². The molecular formula is C23H34IN3O4. The Bertz CT molecular complexity index is 817. The molecule has 0 radical (unpaired) electrons. The van der Waals surface area contributed by atoms with E-state index in [1.165, 1.54) is 0 Å². The standard InChI is InChI=1S/C23H33N3O4.HI/c1-17-10-11-19(22(14-17)29-13-12-27-4)16-26-23(24-3)25-15-18(2)30-21-9-7-6-8-20(21)28-5;/h6-11,14,18H,12-13,15-16H2,1-5H3,(H2,24,25,26);1H. The van der Waals surface area contributed by atoms with E-state index in [0.29, 0.717) is 38.0 Å². The average Bonchev–Trinajstić information content (AvgIpc) is 2.75. The normalized spacial score (nSPS) is 11.8. The molecule has 0 spiro atoms. The molecule has 0 fully saturated rings. The third-order valence-corrected chi connectivity index (χ3v) is 4.39. The summed E-state index contributed by atoms with van der Waals surface area (Å²) in [5, 5.41) is 6.62. The van der Waals surface area contributed by atoms with Crippen LogP contribution in [0.4, 0.5) is 0 Å². The Balaban J connectivity index is 0.00000480. The van der Waals surface area contributed by atoms with Gasteiger partial charge in [-0.1, -0.05) is 24.3 Å². The van der Waals surface area contributed by atoms with Gasteiger partial charge in [-0.15, -0.1) is 24.0 Å². The zero-order valence-corrected chi connectivity index (χ0v) is 21.3. The first kappa shape index (κ1) is 26.8. The van der Waals surface area contributed by atoms with Gasteiger partial charge in [-0.2, -0.15) is 0 Å². The molecule has 2 aromatic rings. The van der Waals surface area contributed by atoms with E-state index < -0.39 is 0 Å². The largest absolute Gasteiger partial charge is 0.493 e. The Morgan fingerprint density at radius 2 is 1.74 bits per heavy atom. The van der Waals surface area contributed by atoms with Crippen LogP contribution < -0.4 is 24.8 Å². The van der Waals surface area contributed by atoms with E-state index in [4.69, 9.17) is 18.9 Å². The maximum atomic E-state index is 5.98. The summed E-state index contributed by atoms with van der Waals surface area (Å²) in [7, 11) is 5.04. The minimum atomic E-state index is -0.0767. The van der Waals surface area contributed by atoms with Gasteiger partial charge >= 0.3 is 0 Å². The van der Waals surface area contributed by atoms with E-state index in [-0.39, 0.29) is 30.1 Å². The lowest BCUT2D eigenvalue weighted by Gasteiger charge is -2.19. The monoisotopic (exact) mass is 543 g/mol. The number of hydrogen-bond donors (Lipinski definition) is 2. The van der Waals surface area contributed by atoms with E-state index in [2.05, 4.69) is 27.8 Å². The highest BCUT2D eigenvalue weighted by molar-refractivity contribution is 14.0. The summed E-state index contributed by atoms with van der Waals surface area (Å²) in [5.41, 5.74) is 2.20. The number of halogens is 1. The number of methoxy groups -OCH3 is 2. The Morgan fingerprint density at radius 1 is 1.00 bits per heavy atom. The van der Waals surface area contributed by atoms with Crippen LogP contribution in [0.5, 0.6) is 17.2 Å². The minimum absolute atomic E-state index is 0. The molecule has 0 aliphatic carbocycles. The lowest BCUT2D eigenvalue weighted by atomic mass is 10.1. The molecule has 2 rings (SSSR count).